The molecule has 1 unspecified atom stereocenters. The summed E-state index contributed by atoms with van der Waals surface area (Å²) in [6, 6.07) is 4.02. The minimum absolute atomic E-state index is 0.0363. The molecule has 192 valence electrons. The first kappa shape index (κ1) is 24.3. The smallest absolute Gasteiger partial charge is 0.370 e. The molecular weight excluding hydrogens is 475 g/mol. The molecule has 2 fully saturated rings. The molecule has 12 heteroatoms. The van der Waals surface area contributed by atoms with Gasteiger partial charge in [-0.05, 0) is 37.9 Å². The first-order valence-electron chi connectivity index (χ1n) is 12.0. The van der Waals surface area contributed by atoms with Crippen LogP contribution < -0.4 is 15.8 Å². The zero-order valence-corrected chi connectivity index (χ0v) is 20.1. The van der Waals surface area contributed by atoms with Gasteiger partial charge in [-0.15, -0.1) is 0 Å². The molecule has 3 aromatic heterocycles. The number of piperidine rings is 1. The molecule has 9 nitrogen and oxygen atoms in total. The molecule has 0 radical (unpaired) electrons. The molecule has 0 aromatic carbocycles. The van der Waals surface area contributed by atoms with Crippen LogP contribution in [0.5, 0.6) is 0 Å². The summed E-state index contributed by atoms with van der Waals surface area (Å²) in [4.78, 5) is 40.3. The van der Waals surface area contributed by atoms with E-state index in [2.05, 4.69) is 30.1 Å². The van der Waals surface area contributed by atoms with Crippen LogP contribution in [0.4, 0.5) is 18.9 Å². The molecule has 2 N–H and O–H groups in total. The lowest BCUT2D eigenvalue weighted by atomic mass is 10.0. The van der Waals surface area contributed by atoms with Crippen LogP contribution in [0, 0.1) is 0 Å². The molecule has 1 amide bonds. The molecule has 2 aliphatic rings. The Morgan fingerprint density at radius 3 is 2.56 bits per heavy atom. The highest BCUT2D eigenvalue weighted by Gasteiger charge is 2.37. The van der Waals surface area contributed by atoms with Crippen molar-refractivity contribution in [3.63, 3.8) is 0 Å². The number of nitrogens with one attached hydrogen (secondary N) is 2. The molecule has 0 spiro atoms. The fraction of sp³-hybridized carbons (Fsp3) is 0.500. The van der Waals surface area contributed by atoms with Crippen LogP contribution in [0.15, 0.2) is 29.3 Å². The van der Waals surface area contributed by atoms with E-state index in [1.54, 1.807) is 19.3 Å². The van der Waals surface area contributed by atoms with Gasteiger partial charge in [0.25, 0.3) is 11.5 Å². The van der Waals surface area contributed by atoms with E-state index in [4.69, 9.17) is 0 Å². The number of aromatic nitrogens is 4. The number of hydrogen-bond donors (Lipinski definition) is 2. The maximum absolute atomic E-state index is 13.3. The normalized spacial score (nSPS) is 19.8. The fourth-order valence-electron chi connectivity index (χ4n) is 5.37. The number of likely N-dealkylation sites (tertiary alicyclic amines) is 1. The average molecular weight is 504 g/mol. The molecule has 0 aliphatic carbocycles. The number of pyridine rings is 1. The Labute approximate surface area is 205 Å². The predicted octanol–water partition coefficient (Wildman–Crippen LogP) is 2.49. The highest BCUT2D eigenvalue weighted by Crippen LogP contribution is 2.35. The number of alkyl halides is 3. The van der Waals surface area contributed by atoms with E-state index in [0.29, 0.717) is 24.1 Å². The molecule has 1 atom stereocenters. The van der Waals surface area contributed by atoms with Gasteiger partial charge in [0, 0.05) is 51.9 Å². The molecule has 2 aliphatic heterocycles. The van der Waals surface area contributed by atoms with Crippen LogP contribution in [0.1, 0.15) is 47.1 Å². The molecule has 2 saturated heterocycles. The Balaban J connectivity index is 1.24. The van der Waals surface area contributed by atoms with Crippen molar-refractivity contribution in [2.75, 3.05) is 38.1 Å². The summed E-state index contributed by atoms with van der Waals surface area (Å²) in [6.45, 7) is 3.27. The number of nitrogens with zero attached hydrogens (tertiary/aromatic N) is 5. The summed E-state index contributed by atoms with van der Waals surface area (Å²) in [7, 11) is 3.05. The lowest BCUT2D eigenvalue weighted by molar-refractivity contribution is -0.136. The van der Waals surface area contributed by atoms with Gasteiger partial charge in [0.05, 0.1) is 22.8 Å². The van der Waals surface area contributed by atoms with Crippen molar-refractivity contribution in [2.45, 2.75) is 37.4 Å². The second-order valence-electron chi connectivity index (χ2n) is 9.48. The number of aromatic amines is 1. The number of hydrogen-bond acceptors (Lipinski definition) is 6. The molecule has 5 heterocycles. The summed E-state index contributed by atoms with van der Waals surface area (Å²) in [5.41, 5.74) is -0.279. The number of amides is 1. The molecule has 0 bridgehead atoms. The fourth-order valence-corrected chi connectivity index (χ4v) is 5.37. The second-order valence-corrected chi connectivity index (χ2v) is 9.48. The molecule has 0 saturated carbocycles. The third-order valence-electron chi connectivity index (χ3n) is 7.31. The number of H-pyrrole nitrogens is 1. The van der Waals surface area contributed by atoms with Crippen molar-refractivity contribution in [1.29, 1.82) is 0 Å². The van der Waals surface area contributed by atoms with E-state index in [9.17, 15) is 22.8 Å². The molecule has 5 rings (SSSR count). The number of aryl methyl sites for hydroxylation is 1. The van der Waals surface area contributed by atoms with Crippen molar-refractivity contribution in [3.8, 4) is 0 Å². The molecular formula is C24H28F3N7O2. The first-order chi connectivity index (χ1) is 17.2. The SMILES string of the molecule is CNC(=O)c1ccc(N2CCC(N3CCC(c4nc5c(c(C(F)(F)F)cn5C)c(=O)[nH]4)C3)CC2)cn1. The van der Waals surface area contributed by atoms with Gasteiger partial charge in [-0.25, -0.2) is 9.97 Å². The minimum Gasteiger partial charge on any atom is -0.370 e. The number of fused-ring (bicyclic) bond motifs is 1. The summed E-state index contributed by atoms with van der Waals surface area (Å²) in [5, 5.41) is 2.15. The van der Waals surface area contributed by atoms with Crippen LogP contribution >= 0.6 is 0 Å². The minimum atomic E-state index is -4.61. The maximum Gasteiger partial charge on any atom is 0.418 e. The standard InChI is InChI=1S/C24H28F3N7O2/c1-28-22(35)18-4-3-16(11-29-18)33-9-6-15(7-10-33)34-8-5-14(12-34)20-30-21-19(23(36)31-20)17(13-32(21)2)24(25,26)27/h3-4,11,13-15H,5-10,12H2,1-2H3,(H,28,35)(H,30,31,36). The van der Waals surface area contributed by atoms with E-state index in [0.717, 1.165) is 50.8 Å². The van der Waals surface area contributed by atoms with Gasteiger partial charge in [0.15, 0.2) is 0 Å². The van der Waals surface area contributed by atoms with Crippen LogP contribution in [-0.4, -0.2) is 69.6 Å². The number of carbonyl (C=O) groups excluding carboxylic acids is 1. The highest BCUT2D eigenvalue weighted by molar-refractivity contribution is 5.92. The second kappa shape index (κ2) is 9.23. The third kappa shape index (κ3) is 4.45. The van der Waals surface area contributed by atoms with Gasteiger partial charge in [-0.3, -0.25) is 14.5 Å². The quantitative estimate of drug-likeness (QED) is 0.568. The van der Waals surface area contributed by atoms with Gasteiger partial charge >= 0.3 is 6.18 Å². The maximum atomic E-state index is 13.3. The molecule has 36 heavy (non-hydrogen) atoms. The van der Waals surface area contributed by atoms with Crippen molar-refractivity contribution in [2.24, 2.45) is 7.05 Å². The first-order valence-corrected chi connectivity index (χ1v) is 12.0. The van der Waals surface area contributed by atoms with Crippen molar-refractivity contribution in [3.05, 3.63) is 52.0 Å². The van der Waals surface area contributed by atoms with Gasteiger partial charge in [-0.1, -0.05) is 0 Å². The lowest BCUT2D eigenvalue weighted by Crippen LogP contribution is -2.44. The van der Waals surface area contributed by atoms with Crippen LogP contribution in [-0.2, 0) is 13.2 Å². The predicted molar refractivity (Wildman–Crippen MR) is 128 cm³/mol. The van der Waals surface area contributed by atoms with E-state index in [-0.39, 0.29) is 17.5 Å². The van der Waals surface area contributed by atoms with Crippen molar-refractivity contribution < 1.29 is 18.0 Å². The van der Waals surface area contributed by atoms with Gasteiger partial charge in [0.2, 0.25) is 0 Å². The summed E-state index contributed by atoms with van der Waals surface area (Å²) in [5.74, 6) is 0.196. The van der Waals surface area contributed by atoms with Crippen LogP contribution in [0.3, 0.4) is 0 Å². The van der Waals surface area contributed by atoms with E-state index in [1.807, 2.05) is 6.07 Å². The number of halogens is 3. The van der Waals surface area contributed by atoms with E-state index in [1.165, 1.54) is 11.6 Å². The van der Waals surface area contributed by atoms with E-state index >= 15 is 0 Å². The summed E-state index contributed by atoms with van der Waals surface area (Å²) in [6.07, 6.45) is 0.738. The van der Waals surface area contributed by atoms with Crippen molar-refractivity contribution in [1.82, 2.24) is 29.7 Å². The van der Waals surface area contributed by atoms with Crippen LogP contribution in [0.2, 0.25) is 0 Å². The zero-order valence-electron chi connectivity index (χ0n) is 20.1. The molecule has 3 aromatic rings. The van der Waals surface area contributed by atoms with Gasteiger partial charge < -0.3 is 19.8 Å². The van der Waals surface area contributed by atoms with Gasteiger partial charge in [-0.2, -0.15) is 13.2 Å². The monoisotopic (exact) mass is 503 g/mol. The highest BCUT2D eigenvalue weighted by atomic mass is 19.4. The van der Waals surface area contributed by atoms with Crippen molar-refractivity contribution >= 4 is 22.6 Å². The zero-order chi connectivity index (χ0) is 25.6. The summed E-state index contributed by atoms with van der Waals surface area (Å²) < 4.78 is 41.3. The van der Waals surface area contributed by atoms with E-state index < -0.39 is 22.7 Å². The Kier molecular flexibility index (Phi) is 6.23. The Bertz CT molecular complexity index is 1320. The van der Waals surface area contributed by atoms with Gasteiger partial charge in [0.1, 0.15) is 17.2 Å². The largest absolute Gasteiger partial charge is 0.418 e. The lowest BCUT2D eigenvalue weighted by Gasteiger charge is -2.37. The summed E-state index contributed by atoms with van der Waals surface area (Å²) >= 11 is 0. The third-order valence-corrected chi connectivity index (χ3v) is 7.31. The average Bonchev–Trinajstić information content (AvgIpc) is 3.49. The Morgan fingerprint density at radius 2 is 1.92 bits per heavy atom. The number of rotatable bonds is 4. The Hall–Kier alpha value is -3.41. The van der Waals surface area contributed by atoms with Crippen LogP contribution in [0.25, 0.3) is 11.0 Å². The number of carbonyl (C=O) groups is 1. The number of anilines is 1. The topological polar surface area (TPSA) is 99.1 Å². The Morgan fingerprint density at radius 1 is 1.17 bits per heavy atom.